The number of aromatic nitrogens is 2. The molecule has 13 heteroatoms. The fraction of sp³-hybridized carbons (Fsp3) is 0.318. The van der Waals surface area contributed by atoms with Gasteiger partial charge in [0.05, 0.1) is 23.7 Å². The number of hydrogen-bond acceptors (Lipinski definition) is 7. The van der Waals surface area contributed by atoms with Crippen LogP contribution < -0.4 is 4.74 Å². The minimum atomic E-state index is -4.51. The van der Waals surface area contributed by atoms with Gasteiger partial charge in [-0.05, 0) is 29.7 Å². The highest BCUT2D eigenvalue weighted by Crippen LogP contribution is 2.33. The Morgan fingerprint density at radius 1 is 1.20 bits per heavy atom. The Bertz CT molecular complexity index is 1250. The summed E-state index contributed by atoms with van der Waals surface area (Å²) < 4.78 is 46.4. The van der Waals surface area contributed by atoms with Crippen LogP contribution in [0.1, 0.15) is 29.3 Å². The first-order valence-corrected chi connectivity index (χ1v) is 11.0. The van der Waals surface area contributed by atoms with Crippen molar-refractivity contribution in [1.82, 2.24) is 9.38 Å². The van der Waals surface area contributed by atoms with Gasteiger partial charge in [-0.25, -0.2) is 9.98 Å². The van der Waals surface area contributed by atoms with Crippen molar-refractivity contribution in [2.24, 2.45) is 10.1 Å². The maximum absolute atomic E-state index is 13.3. The third-order valence-electron chi connectivity index (χ3n) is 4.84. The number of aryl methyl sites for hydroxylation is 1. The molecule has 0 radical (unpaired) electrons. The third-order valence-corrected chi connectivity index (χ3v) is 5.49. The molecule has 0 spiro atoms. The molecule has 2 heterocycles. The van der Waals surface area contributed by atoms with E-state index >= 15 is 0 Å². The first-order valence-electron chi connectivity index (χ1n) is 10.2. The Labute approximate surface area is 208 Å². The summed E-state index contributed by atoms with van der Waals surface area (Å²) in [6, 6.07) is 3.99. The van der Waals surface area contributed by atoms with Gasteiger partial charge in [-0.1, -0.05) is 35.3 Å². The van der Waals surface area contributed by atoms with E-state index in [1.165, 1.54) is 22.7 Å². The van der Waals surface area contributed by atoms with Crippen LogP contribution in [0.25, 0.3) is 5.65 Å². The van der Waals surface area contributed by atoms with Crippen molar-refractivity contribution in [1.29, 1.82) is 0 Å². The van der Waals surface area contributed by atoms with Gasteiger partial charge in [0.1, 0.15) is 29.8 Å². The van der Waals surface area contributed by atoms with Crippen LogP contribution in [0.2, 0.25) is 10.0 Å². The molecule has 0 bridgehead atoms. The van der Waals surface area contributed by atoms with E-state index in [2.05, 4.69) is 21.8 Å². The predicted molar refractivity (Wildman–Crippen MR) is 125 cm³/mol. The summed E-state index contributed by atoms with van der Waals surface area (Å²) >= 11 is 12.5. The number of nitrogens with zero attached hydrogens (tertiary/aromatic N) is 4. The van der Waals surface area contributed by atoms with Gasteiger partial charge in [0.25, 0.3) is 5.90 Å². The SMILES string of the molecule is C=NOC(=NCc1cc(Cl)c(OCC(O)CO)cc1Cl)c1cn2cc(C(F)(F)F)cc(CC)c2n1. The monoisotopic (exact) mass is 532 g/mol. The van der Waals surface area contributed by atoms with Gasteiger partial charge in [0, 0.05) is 30.2 Å². The second-order valence-electron chi connectivity index (χ2n) is 7.33. The number of hydrogen-bond donors (Lipinski definition) is 2. The van der Waals surface area contributed by atoms with Crippen molar-refractivity contribution in [2.45, 2.75) is 32.2 Å². The van der Waals surface area contributed by atoms with Crippen LogP contribution in [-0.2, 0) is 24.0 Å². The highest BCUT2D eigenvalue weighted by Gasteiger charge is 2.32. The maximum Gasteiger partial charge on any atom is 0.417 e. The van der Waals surface area contributed by atoms with E-state index in [4.69, 9.17) is 37.9 Å². The van der Waals surface area contributed by atoms with Gasteiger partial charge in [0.2, 0.25) is 0 Å². The van der Waals surface area contributed by atoms with E-state index in [1.807, 2.05) is 0 Å². The molecule has 0 saturated carbocycles. The third kappa shape index (κ3) is 6.43. The minimum Gasteiger partial charge on any atom is -0.489 e. The van der Waals surface area contributed by atoms with Gasteiger partial charge >= 0.3 is 6.18 Å². The fourth-order valence-electron chi connectivity index (χ4n) is 3.10. The molecule has 188 valence electrons. The standard InChI is InChI=1S/C22H21Cl2F3N4O4/c1-3-12-4-14(22(25,26)27)8-31-9-18(30-20(12)31)21(35-28-2)29-7-13-5-17(24)19(6-16(13)23)34-11-15(33)10-32/h4-6,8-9,15,32-33H,2-3,7,10-11H2,1H3. The molecular weight excluding hydrogens is 512 g/mol. The van der Waals surface area contributed by atoms with E-state index < -0.39 is 24.5 Å². The molecule has 0 aliphatic rings. The summed E-state index contributed by atoms with van der Waals surface area (Å²) in [6.45, 7) is 4.29. The zero-order chi connectivity index (χ0) is 25.8. The van der Waals surface area contributed by atoms with E-state index in [-0.39, 0.29) is 40.5 Å². The Kier molecular flexibility index (Phi) is 8.60. The summed E-state index contributed by atoms with van der Waals surface area (Å²) in [5.41, 5.74) is 0.542. The van der Waals surface area contributed by atoms with Crippen molar-refractivity contribution in [2.75, 3.05) is 13.2 Å². The second-order valence-corrected chi connectivity index (χ2v) is 8.14. The smallest absolute Gasteiger partial charge is 0.417 e. The van der Waals surface area contributed by atoms with E-state index in [1.54, 1.807) is 6.92 Å². The summed E-state index contributed by atoms with van der Waals surface area (Å²) in [5.74, 6) is 0.118. The Balaban J connectivity index is 1.92. The first-order chi connectivity index (χ1) is 16.6. The molecule has 2 aromatic heterocycles. The predicted octanol–water partition coefficient (Wildman–Crippen LogP) is 4.53. The average molecular weight is 533 g/mol. The Hall–Kier alpha value is -2.86. The number of halogens is 5. The Morgan fingerprint density at radius 3 is 2.57 bits per heavy atom. The zero-order valence-electron chi connectivity index (χ0n) is 18.4. The minimum absolute atomic E-state index is 0.0364. The first kappa shape index (κ1) is 26.7. The molecule has 1 atom stereocenters. The largest absolute Gasteiger partial charge is 0.489 e. The second kappa shape index (κ2) is 11.3. The van der Waals surface area contributed by atoms with Crippen molar-refractivity contribution in [3.63, 3.8) is 0 Å². The van der Waals surface area contributed by atoms with Crippen molar-refractivity contribution in [3.05, 3.63) is 63.0 Å². The van der Waals surface area contributed by atoms with Crippen LogP contribution in [0.3, 0.4) is 0 Å². The van der Waals surface area contributed by atoms with E-state index in [0.717, 1.165) is 12.3 Å². The number of benzene rings is 1. The van der Waals surface area contributed by atoms with Gasteiger partial charge in [-0.15, -0.1) is 0 Å². The van der Waals surface area contributed by atoms with Crippen LogP contribution >= 0.6 is 23.2 Å². The highest BCUT2D eigenvalue weighted by atomic mass is 35.5. The van der Waals surface area contributed by atoms with Crippen LogP contribution in [-0.4, -0.2) is 51.5 Å². The number of imidazole rings is 1. The fourth-order valence-corrected chi connectivity index (χ4v) is 3.56. The molecule has 1 unspecified atom stereocenters. The van der Waals surface area contributed by atoms with Crippen molar-refractivity contribution in [3.8, 4) is 5.75 Å². The van der Waals surface area contributed by atoms with Gasteiger partial charge in [0.15, 0.2) is 0 Å². The number of oxime groups is 1. The molecule has 0 fully saturated rings. The van der Waals surface area contributed by atoms with E-state index in [0.29, 0.717) is 23.2 Å². The van der Waals surface area contributed by atoms with E-state index in [9.17, 15) is 18.3 Å². The number of alkyl halides is 3. The lowest BCUT2D eigenvalue weighted by atomic mass is 10.1. The lowest BCUT2D eigenvalue weighted by Gasteiger charge is -2.13. The molecule has 3 rings (SSSR count). The molecule has 8 nitrogen and oxygen atoms in total. The van der Waals surface area contributed by atoms with Crippen molar-refractivity contribution >= 4 is 41.5 Å². The Morgan fingerprint density at radius 2 is 1.94 bits per heavy atom. The highest BCUT2D eigenvalue weighted by molar-refractivity contribution is 6.34. The molecule has 35 heavy (non-hydrogen) atoms. The van der Waals surface area contributed by atoms with Crippen molar-refractivity contribution < 1.29 is 33.0 Å². The lowest BCUT2D eigenvalue weighted by molar-refractivity contribution is -0.137. The van der Waals surface area contributed by atoms with Gasteiger partial charge in [-0.3, -0.25) is 0 Å². The normalized spacial score (nSPS) is 13.2. The summed E-state index contributed by atoms with van der Waals surface area (Å²) in [5, 5.41) is 22.1. The van der Waals surface area contributed by atoms with Crippen LogP contribution in [0, 0.1) is 0 Å². The summed E-state index contributed by atoms with van der Waals surface area (Å²) in [4.78, 5) is 13.8. The maximum atomic E-state index is 13.3. The number of aliphatic hydroxyl groups is 2. The van der Waals surface area contributed by atoms with Crippen LogP contribution in [0.5, 0.6) is 5.75 Å². The summed E-state index contributed by atoms with van der Waals surface area (Å²) in [6.07, 6.45) is -2.97. The quantitative estimate of drug-likeness (QED) is 0.239. The number of aliphatic hydroxyl groups excluding tert-OH is 2. The van der Waals surface area contributed by atoms with Crippen LogP contribution in [0.15, 0.2) is 40.7 Å². The number of ether oxygens (including phenoxy) is 1. The van der Waals surface area contributed by atoms with Gasteiger partial charge < -0.3 is 24.2 Å². The summed E-state index contributed by atoms with van der Waals surface area (Å²) in [7, 11) is 0. The average Bonchev–Trinajstić information content (AvgIpc) is 3.25. The molecular formula is C22H21Cl2F3N4O4. The number of pyridine rings is 1. The molecule has 0 saturated heterocycles. The molecule has 0 aliphatic heterocycles. The topological polar surface area (TPSA) is 101 Å². The van der Waals surface area contributed by atoms with Crippen LogP contribution in [0.4, 0.5) is 13.2 Å². The molecule has 3 aromatic rings. The molecule has 2 N–H and O–H groups in total. The molecule has 0 amide bonds. The number of aliphatic imine (C=N–C) groups is 1. The number of rotatable bonds is 9. The van der Waals surface area contributed by atoms with Gasteiger partial charge in [-0.2, -0.15) is 13.2 Å². The molecule has 1 aromatic carbocycles. The lowest BCUT2D eigenvalue weighted by Crippen LogP contribution is -2.21. The number of fused-ring (bicyclic) bond motifs is 1. The molecule has 0 aliphatic carbocycles. The zero-order valence-corrected chi connectivity index (χ0v) is 19.9.